The molecule has 2 heterocycles. The first-order chi connectivity index (χ1) is 29.4. The van der Waals surface area contributed by atoms with E-state index >= 15 is 0 Å². The molecule has 0 bridgehead atoms. The number of carbonyl (C=O) groups is 1. The van der Waals surface area contributed by atoms with E-state index < -0.39 is 0 Å². The molecule has 11 rings (SSSR count). The van der Waals surface area contributed by atoms with Crippen molar-refractivity contribution in [3.8, 4) is 27.9 Å². The Labute approximate surface area is 351 Å². The van der Waals surface area contributed by atoms with Gasteiger partial charge in [0.15, 0.2) is 5.78 Å². The molecule has 0 fully saturated rings. The second-order valence-electron chi connectivity index (χ2n) is 17.4. The smallest absolute Gasteiger partial charge is 0.196 e. The number of fused-ring (bicyclic) bond motifs is 10. The number of hydrogen-bond acceptors (Lipinski definition) is 1. The Hall–Kier alpha value is -6.71. The summed E-state index contributed by atoms with van der Waals surface area (Å²) in [5.41, 5.74) is 17.0. The summed E-state index contributed by atoms with van der Waals surface area (Å²) in [5, 5.41) is 4.67. The van der Waals surface area contributed by atoms with Crippen LogP contribution in [0.25, 0.3) is 71.6 Å². The number of allylic oxidation sites excluding steroid dienone is 10. The molecule has 0 aliphatic heterocycles. The lowest BCUT2D eigenvalue weighted by molar-refractivity contribution is 0.104. The number of hydrogen-bond donors (Lipinski definition) is 1. The fourth-order valence-corrected chi connectivity index (χ4v) is 10.2. The second kappa shape index (κ2) is 14.5. The molecule has 3 aliphatic rings. The molecule has 6 aromatic carbocycles. The lowest BCUT2D eigenvalue weighted by Crippen LogP contribution is -2.08. The van der Waals surface area contributed by atoms with Crippen molar-refractivity contribution in [3.63, 3.8) is 0 Å². The highest BCUT2D eigenvalue weighted by atomic mass is 16.1. The van der Waals surface area contributed by atoms with Crippen molar-refractivity contribution in [1.82, 2.24) is 9.55 Å². The molecule has 3 heteroatoms. The summed E-state index contributed by atoms with van der Waals surface area (Å²) in [6.45, 7) is 6.99. The molecule has 0 saturated carbocycles. The van der Waals surface area contributed by atoms with E-state index in [9.17, 15) is 4.79 Å². The predicted octanol–water partition coefficient (Wildman–Crippen LogP) is 15.2. The fourth-order valence-electron chi connectivity index (χ4n) is 10.2. The van der Waals surface area contributed by atoms with Crippen LogP contribution in [-0.4, -0.2) is 15.3 Å². The van der Waals surface area contributed by atoms with Crippen LogP contribution in [0.1, 0.15) is 73.9 Å². The third kappa shape index (κ3) is 6.06. The van der Waals surface area contributed by atoms with Gasteiger partial charge in [-0.05, 0) is 132 Å². The predicted molar refractivity (Wildman–Crippen MR) is 252 cm³/mol. The molecule has 3 nitrogen and oxygen atoms in total. The van der Waals surface area contributed by atoms with Crippen LogP contribution in [0.5, 0.6) is 0 Å². The van der Waals surface area contributed by atoms with E-state index in [4.69, 9.17) is 0 Å². The lowest BCUT2D eigenvalue weighted by atomic mass is 9.83. The summed E-state index contributed by atoms with van der Waals surface area (Å²) in [6.07, 6.45) is 21.3. The average Bonchev–Trinajstić information content (AvgIpc) is 3.93. The van der Waals surface area contributed by atoms with Crippen LogP contribution in [0, 0.1) is 11.8 Å². The van der Waals surface area contributed by atoms with Crippen LogP contribution in [0.4, 0.5) is 0 Å². The molecule has 1 N–H and O–H groups in total. The zero-order valence-electron chi connectivity index (χ0n) is 34.5. The molecule has 0 spiro atoms. The van der Waals surface area contributed by atoms with Gasteiger partial charge in [0.1, 0.15) is 0 Å². The third-order valence-electron chi connectivity index (χ3n) is 13.5. The normalized spacial score (nSPS) is 18.4. The molecule has 0 radical (unpaired) electrons. The van der Waals surface area contributed by atoms with Gasteiger partial charge in [0.2, 0.25) is 0 Å². The quantitative estimate of drug-likeness (QED) is 0.127. The first-order valence-electron chi connectivity index (χ1n) is 21.7. The number of benzene rings is 6. The SMILES string of the molecule is C/C(=C\C(=C/C(C)c1cccc(-n2c3ccccc3c3cc(-c4ccc5[nH]c6c7c(ccc6c5c4)-c4ccccc4C7=O)ccc32)c1)C1=CC=CCC1)C1C=CC(C)CC1. The first-order valence-corrected chi connectivity index (χ1v) is 21.7. The Bertz CT molecular complexity index is 3230. The van der Waals surface area contributed by atoms with Gasteiger partial charge in [-0.1, -0.05) is 141 Å². The number of nitrogens with one attached hydrogen (secondary N) is 1. The maximum atomic E-state index is 13.6. The first kappa shape index (κ1) is 36.4. The minimum atomic E-state index is 0.0977. The van der Waals surface area contributed by atoms with Gasteiger partial charge in [0.05, 0.1) is 22.1 Å². The number of aromatic amines is 1. The highest BCUT2D eigenvalue weighted by Crippen LogP contribution is 2.43. The van der Waals surface area contributed by atoms with Crippen molar-refractivity contribution in [2.24, 2.45) is 11.8 Å². The van der Waals surface area contributed by atoms with Gasteiger partial charge >= 0.3 is 0 Å². The van der Waals surface area contributed by atoms with E-state index in [0.29, 0.717) is 11.8 Å². The number of ketones is 1. The molecule has 8 aromatic rings. The molecule has 3 aliphatic carbocycles. The summed E-state index contributed by atoms with van der Waals surface area (Å²) in [6, 6.07) is 43.7. The number of rotatable bonds is 7. The van der Waals surface area contributed by atoms with Gasteiger partial charge in [-0.15, -0.1) is 0 Å². The summed E-state index contributed by atoms with van der Waals surface area (Å²) in [7, 11) is 0. The largest absolute Gasteiger partial charge is 0.354 e. The summed E-state index contributed by atoms with van der Waals surface area (Å²) >= 11 is 0. The van der Waals surface area contributed by atoms with Crippen molar-refractivity contribution in [3.05, 3.63) is 197 Å². The fraction of sp³-hybridized carbons (Fsp3) is 0.175. The Morgan fingerprint density at radius 2 is 1.55 bits per heavy atom. The number of aromatic nitrogens is 2. The monoisotopic (exact) mass is 776 g/mol. The Balaban J connectivity index is 0.965. The van der Waals surface area contributed by atoms with Crippen molar-refractivity contribution >= 4 is 49.4 Å². The Morgan fingerprint density at radius 3 is 2.38 bits per heavy atom. The van der Waals surface area contributed by atoms with E-state index in [-0.39, 0.29) is 11.7 Å². The van der Waals surface area contributed by atoms with Gasteiger partial charge in [0.25, 0.3) is 0 Å². The number of para-hydroxylation sites is 1. The standard InChI is InChI=1S/C57H48N2O/c1-35-20-22-38(23-21-35)36(2)30-43(39-12-5-4-6-13-39)31-37(3)40-14-11-15-44(32-40)59-53-19-10-9-17-46(53)51-34-42(25-29-54(51)59)41-24-28-52-50(33-41)48-27-26-47-45-16-7-8-18-49(45)57(60)55(47)56(48)58-52/h4-5,7-12,14-20,22,24-35,37-38,58H,6,13,21,23H2,1-3H3/b36-30+,43-31+. The van der Waals surface area contributed by atoms with E-state index in [1.807, 2.05) is 24.3 Å². The van der Waals surface area contributed by atoms with E-state index in [1.54, 1.807) is 0 Å². The highest BCUT2D eigenvalue weighted by molar-refractivity contribution is 6.29. The molecule has 0 saturated heterocycles. The van der Waals surface area contributed by atoms with Crippen LogP contribution in [0.3, 0.4) is 0 Å². The summed E-state index contributed by atoms with van der Waals surface area (Å²) in [4.78, 5) is 17.2. The minimum absolute atomic E-state index is 0.0977. The average molecular weight is 777 g/mol. The van der Waals surface area contributed by atoms with Crippen LogP contribution in [-0.2, 0) is 0 Å². The van der Waals surface area contributed by atoms with Gasteiger partial charge in [-0.25, -0.2) is 0 Å². The highest BCUT2D eigenvalue weighted by Gasteiger charge is 2.29. The summed E-state index contributed by atoms with van der Waals surface area (Å²) < 4.78 is 2.43. The number of carbonyl (C=O) groups excluding carboxylic acids is 1. The Morgan fingerprint density at radius 1 is 0.750 bits per heavy atom. The van der Waals surface area contributed by atoms with Crippen molar-refractivity contribution in [2.45, 2.75) is 52.4 Å². The zero-order valence-corrected chi connectivity index (χ0v) is 34.5. The maximum Gasteiger partial charge on any atom is 0.196 e. The maximum absolute atomic E-state index is 13.6. The van der Waals surface area contributed by atoms with Crippen LogP contribution >= 0.6 is 0 Å². The molecule has 60 heavy (non-hydrogen) atoms. The van der Waals surface area contributed by atoms with Crippen molar-refractivity contribution in [2.75, 3.05) is 0 Å². The molecule has 2 aromatic heterocycles. The molecular formula is C57H48N2O. The van der Waals surface area contributed by atoms with E-state index in [0.717, 1.165) is 62.5 Å². The summed E-state index contributed by atoms with van der Waals surface area (Å²) in [5.74, 6) is 1.52. The molecule has 3 unspecified atom stereocenters. The molecule has 292 valence electrons. The van der Waals surface area contributed by atoms with Gasteiger partial charge in [-0.3, -0.25) is 4.79 Å². The van der Waals surface area contributed by atoms with Gasteiger partial charge < -0.3 is 9.55 Å². The molecule has 0 amide bonds. The van der Waals surface area contributed by atoms with Crippen LogP contribution in [0.2, 0.25) is 0 Å². The second-order valence-corrected chi connectivity index (χ2v) is 17.4. The minimum Gasteiger partial charge on any atom is -0.354 e. The van der Waals surface area contributed by atoms with Crippen molar-refractivity contribution < 1.29 is 4.79 Å². The van der Waals surface area contributed by atoms with Gasteiger partial charge in [0, 0.05) is 38.3 Å². The topological polar surface area (TPSA) is 37.8 Å². The van der Waals surface area contributed by atoms with Gasteiger partial charge in [-0.2, -0.15) is 0 Å². The van der Waals surface area contributed by atoms with Crippen LogP contribution < -0.4 is 0 Å². The number of nitrogens with zero attached hydrogens (tertiary/aromatic N) is 1. The van der Waals surface area contributed by atoms with E-state index in [2.05, 4.69) is 170 Å². The lowest BCUT2D eigenvalue weighted by Gasteiger charge is -2.22. The zero-order chi connectivity index (χ0) is 40.5. The van der Waals surface area contributed by atoms with E-state index in [1.165, 1.54) is 68.2 Å². The molecule has 3 atom stereocenters. The number of H-pyrrole nitrogens is 1. The third-order valence-corrected chi connectivity index (χ3v) is 13.5. The molecular weight excluding hydrogens is 729 g/mol. The Kier molecular flexibility index (Phi) is 8.81. The van der Waals surface area contributed by atoms with Crippen molar-refractivity contribution in [1.29, 1.82) is 0 Å². The van der Waals surface area contributed by atoms with Crippen LogP contribution in [0.15, 0.2) is 181 Å².